The van der Waals surface area contributed by atoms with Crippen LogP contribution in [0.25, 0.3) is 0 Å². The number of hydrogen-bond donors (Lipinski definition) is 1. The Morgan fingerprint density at radius 1 is 1.14 bits per heavy atom. The first kappa shape index (κ1) is 23.7. The van der Waals surface area contributed by atoms with Crippen LogP contribution in [0.2, 0.25) is 0 Å². The average Bonchev–Trinajstić information content (AvgIpc) is 3.31. The number of allylic oxidation sites excluding steroid dienone is 1. The second-order valence-electron chi connectivity index (χ2n) is 12.1. The molecule has 9 nitrogen and oxygen atoms in total. The molecule has 6 rings (SSSR count). The molecule has 4 heterocycles. The normalized spacial score (nSPS) is 46.3. The molecule has 1 aromatic rings. The van der Waals surface area contributed by atoms with Crippen LogP contribution in [0.4, 0.5) is 0 Å². The summed E-state index contributed by atoms with van der Waals surface area (Å²) in [5.41, 5.74) is -3.86. The number of ketones is 1. The highest BCUT2D eigenvalue weighted by molar-refractivity contribution is 6.03. The van der Waals surface area contributed by atoms with Gasteiger partial charge in [0, 0.05) is 22.0 Å². The first-order valence-electron chi connectivity index (χ1n) is 12.4. The summed E-state index contributed by atoms with van der Waals surface area (Å²) in [6.07, 6.45) is 1.99. The van der Waals surface area contributed by atoms with Gasteiger partial charge >= 0.3 is 11.9 Å². The summed E-state index contributed by atoms with van der Waals surface area (Å²) < 4.78 is 28.8. The predicted molar refractivity (Wildman–Crippen MR) is 122 cm³/mol. The summed E-state index contributed by atoms with van der Waals surface area (Å²) in [5.74, 6) is -2.14. The highest BCUT2D eigenvalue weighted by Crippen LogP contribution is 2.79. The van der Waals surface area contributed by atoms with E-state index in [1.165, 1.54) is 13.4 Å². The molecule has 1 N–H and O–H groups in total. The van der Waals surface area contributed by atoms with Crippen LogP contribution in [0.1, 0.15) is 65.5 Å². The molecule has 0 aromatic carbocycles. The number of carbonyl (C=O) groups excluding carboxylic acids is 3. The number of ether oxygens (including phenoxy) is 4. The summed E-state index contributed by atoms with van der Waals surface area (Å²) in [6, 6.07) is 1.76. The maximum atomic E-state index is 14.3. The molecule has 0 unspecified atom stereocenters. The van der Waals surface area contributed by atoms with E-state index in [0.717, 1.165) is 0 Å². The molecule has 36 heavy (non-hydrogen) atoms. The Kier molecular flexibility index (Phi) is 4.49. The number of fused-ring (bicyclic) bond motifs is 3. The van der Waals surface area contributed by atoms with Crippen molar-refractivity contribution in [2.24, 2.45) is 22.2 Å². The van der Waals surface area contributed by atoms with Crippen LogP contribution >= 0.6 is 0 Å². The summed E-state index contributed by atoms with van der Waals surface area (Å²) in [7, 11) is 1.32. The van der Waals surface area contributed by atoms with Gasteiger partial charge < -0.3 is 28.5 Å². The van der Waals surface area contributed by atoms with Gasteiger partial charge in [-0.2, -0.15) is 0 Å². The molecule has 3 aliphatic heterocycles. The van der Waals surface area contributed by atoms with Crippen molar-refractivity contribution in [2.45, 2.75) is 83.4 Å². The average molecular weight is 501 g/mol. The van der Waals surface area contributed by atoms with Gasteiger partial charge in [0.1, 0.15) is 11.7 Å². The molecule has 1 spiro atoms. The lowest BCUT2D eigenvalue weighted by Crippen LogP contribution is -2.70. The second kappa shape index (κ2) is 6.81. The molecule has 9 heteroatoms. The van der Waals surface area contributed by atoms with Crippen molar-refractivity contribution in [3.05, 3.63) is 35.5 Å². The second-order valence-corrected chi connectivity index (χ2v) is 12.1. The maximum Gasteiger partial charge on any atom is 0.339 e. The van der Waals surface area contributed by atoms with Crippen LogP contribution in [0.3, 0.4) is 0 Å². The quantitative estimate of drug-likeness (QED) is 0.490. The fourth-order valence-electron chi connectivity index (χ4n) is 8.82. The first-order chi connectivity index (χ1) is 16.8. The summed E-state index contributed by atoms with van der Waals surface area (Å²) in [6.45, 7) is 9.37. The van der Waals surface area contributed by atoms with E-state index < -0.39 is 63.5 Å². The third-order valence-electron chi connectivity index (χ3n) is 10.2. The molecular formula is C27H32O9. The molecule has 3 saturated heterocycles. The SMILES string of the molecule is COC(=O)C[C@@H]1OC(C)(C)C2=C(O)C(=O)[C@]3(C)[C@H](CC[C@@]4(C)[C@H](c5ccoc5)OC(=O)[C@@H]5O[C@@]543)[C@]21C. The molecule has 4 fully saturated rings. The van der Waals surface area contributed by atoms with Gasteiger partial charge in [0.15, 0.2) is 11.9 Å². The van der Waals surface area contributed by atoms with E-state index in [4.69, 9.17) is 23.4 Å². The molecule has 5 aliphatic rings. The predicted octanol–water partition coefficient (Wildman–Crippen LogP) is 3.58. The van der Waals surface area contributed by atoms with Gasteiger partial charge in [-0.1, -0.05) is 13.8 Å². The number of aliphatic hydroxyl groups is 1. The molecule has 1 aromatic heterocycles. The van der Waals surface area contributed by atoms with Gasteiger partial charge in [-0.3, -0.25) is 9.59 Å². The fourth-order valence-corrected chi connectivity index (χ4v) is 8.82. The van der Waals surface area contributed by atoms with Gasteiger partial charge in [0.2, 0.25) is 5.78 Å². The molecule has 2 aliphatic carbocycles. The minimum atomic E-state index is -1.27. The maximum absolute atomic E-state index is 14.3. The molecular weight excluding hydrogens is 468 g/mol. The third kappa shape index (κ3) is 2.37. The lowest BCUT2D eigenvalue weighted by atomic mass is 9.39. The Labute approximate surface area is 209 Å². The number of aliphatic hydroxyl groups excluding tert-OH is 1. The Balaban J connectivity index is 1.56. The van der Waals surface area contributed by atoms with E-state index in [9.17, 15) is 19.5 Å². The zero-order chi connectivity index (χ0) is 26.1. The number of carbonyl (C=O) groups is 3. The smallest absolute Gasteiger partial charge is 0.339 e. The molecule has 194 valence electrons. The fraction of sp³-hybridized carbons (Fsp3) is 0.667. The highest BCUT2D eigenvalue weighted by atomic mass is 16.7. The number of Topliss-reactive ketones (excluding diaryl/α,β-unsaturated/α-hetero) is 1. The zero-order valence-corrected chi connectivity index (χ0v) is 21.4. The number of furan rings is 1. The Hall–Kier alpha value is -2.65. The number of rotatable bonds is 3. The van der Waals surface area contributed by atoms with Crippen LogP contribution in [0, 0.1) is 22.2 Å². The topological polar surface area (TPSA) is 125 Å². The van der Waals surface area contributed by atoms with Crippen molar-refractivity contribution in [2.75, 3.05) is 7.11 Å². The van der Waals surface area contributed by atoms with Crippen LogP contribution in [-0.4, -0.2) is 53.3 Å². The van der Waals surface area contributed by atoms with Crippen LogP contribution in [0.5, 0.6) is 0 Å². The van der Waals surface area contributed by atoms with E-state index in [1.807, 2.05) is 13.8 Å². The van der Waals surface area contributed by atoms with Crippen molar-refractivity contribution in [3.8, 4) is 0 Å². The van der Waals surface area contributed by atoms with Crippen LogP contribution in [-0.2, 0) is 33.3 Å². The summed E-state index contributed by atoms with van der Waals surface area (Å²) >= 11 is 0. The Morgan fingerprint density at radius 2 is 1.86 bits per heavy atom. The number of hydrogen-bond acceptors (Lipinski definition) is 9. The highest BCUT2D eigenvalue weighted by Gasteiger charge is 2.89. The minimum absolute atomic E-state index is 0.0256. The summed E-state index contributed by atoms with van der Waals surface area (Å²) in [4.78, 5) is 39.8. The summed E-state index contributed by atoms with van der Waals surface area (Å²) in [5, 5.41) is 11.5. The van der Waals surface area contributed by atoms with Gasteiger partial charge in [-0.05, 0) is 45.6 Å². The standard InChI is InChI=1S/C27H32O9/c1-23(2)18-17(29)19(30)26(5)14(25(18,4)15(35-23)11-16(28)32-6)7-9-24(3)20(13-8-10-33-12-13)34-22(31)21-27(24,26)36-21/h8,10,12,14-15,20-21,29H,7,9,11H2,1-6H3/t14-,15+,20+,21+,24+,25+,26+,27+/m1/s1. The van der Waals surface area contributed by atoms with Crippen LogP contribution in [0.15, 0.2) is 34.3 Å². The molecule has 0 amide bonds. The van der Waals surface area contributed by atoms with Gasteiger partial charge in [-0.15, -0.1) is 0 Å². The van der Waals surface area contributed by atoms with E-state index in [1.54, 1.807) is 33.1 Å². The molecule has 1 saturated carbocycles. The van der Waals surface area contributed by atoms with Crippen molar-refractivity contribution in [3.63, 3.8) is 0 Å². The van der Waals surface area contributed by atoms with Gasteiger partial charge in [-0.25, -0.2) is 4.79 Å². The number of esters is 2. The molecule has 0 radical (unpaired) electrons. The van der Waals surface area contributed by atoms with Gasteiger partial charge in [0.25, 0.3) is 0 Å². The lowest BCUT2D eigenvalue weighted by Gasteiger charge is -2.62. The molecule has 8 atom stereocenters. The monoisotopic (exact) mass is 500 g/mol. The first-order valence-corrected chi connectivity index (χ1v) is 12.4. The number of methoxy groups -OCH3 is 1. The van der Waals surface area contributed by atoms with E-state index >= 15 is 0 Å². The van der Waals surface area contributed by atoms with Crippen LogP contribution < -0.4 is 0 Å². The number of epoxide rings is 1. The largest absolute Gasteiger partial charge is 0.504 e. The van der Waals surface area contributed by atoms with Crippen molar-refractivity contribution in [1.82, 2.24) is 0 Å². The number of cyclic esters (lactones) is 1. The van der Waals surface area contributed by atoms with Crippen molar-refractivity contribution >= 4 is 17.7 Å². The Bertz CT molecular complexity index is 1210. The minimum Gasteiger partial charge on any atom is -0.504 e. The van der Waals surface area contributed by atoms with E-state index in [2.05, 4.69) is 0 Å². The zero-order valence-electron chi connectivity index (χ0n) is 21.4. The van der Waals surface area contributed by atoms with Crippen molar-refractivity contribution in [1.29, 1.82) is 0 Å². The lowest BCUT2D eigenvalue weighted by molar-refractivity contribution is -0.201. The van der Waals surface area contributed by atoms with Gasteiger partial charge in [0.05, 0.1) is 43.2 Å². The third-order valence-corrected chi connectivity index (χ3v) is 10.2. The van der Waals surface area contributed by atoms with E-state index in [-0.39, 0.29) is 18.1 Å². The van der Waals surface area contributed by atoms with Crippen molar-refractivity contribution < 1.29 is 42.9 Å². The molecule has 0 bridgehead atoms. The van der Waals surface area contributed by atoms with E-state index in [0.29, 0.717) is 24.0 Å². The Morgan fingerprint density at radius 3 is 2.50 bits per heavy atom.